The second kappa shape index (κ2) is 6.36. The van der Waals surface area contributed by atoms with Crippen LogP contribution in [0.15, 0.2) is 22.6 Å². The van der Waals surface area contributed by atoms with Gasteiger partial charge in [-0.1, -0.05) is 13.8 Å². The van der Waals surface area contributed by atoms with Crippen molar-refractivity contribution in [3.63, 3.8) is 0 Å². The van der Waals surface area contributed by atoms with Crippen molar-refractivity contribution in [2.75, 3.05) is 13.2 Å². The number of rotatable bonds is 6. The van der Waals surface area contributed by atoms with Crippen LogP contribution in [-0.4, -0.2) is 33.6 Å². The fourth-order valence-corrected chi connectivity index (χ4v) is 2.60. The lowest BCUT2D eigenvalue weighted by Gasteiger charge is -2.21. The van der Waals surface area contributed by atoms with Gasteiger partial charge < -0.3 is 10.4 Å². The Bertz CT molecular complexity index is 690. The third-order valence-electron chi connectivity index (χ3n) is 3.33. The molecule has 2 rings (SSSR count). The van der Waals surface area contributed by atoms with Gasteiger partial charge in [-0.2, -0.15) is 0 Å². The highest BCUT2D eigenvalue weighted by atomic mass is 32.1. The Labute approximate surface area is 126 Å². The van der Waals surface area contributed by atoms with E-state index < -0.39 is 5.91 Å². The lowest BCUT2D eigenvalue weighted by atomic mass is 9.89. The molecule has 2 aromatic rings. The van der Waals surface area contributed by atoms with Gasteiger partial charge in [0, 0.05) is 30.9 Å². The van der Waals surface area contributed by atoms with Gasteiger partial charge in [0.2, 0.25) is 0 Å². The van der Waals surface area contributed by atoms with Crippen LogP contribution in [0.2, 0.25) is 0 Å². The second-order valence-corrected chi connectivity index (χ2v) is 6.59. The van der Waals surface area contributed by atoms with E-state index in [-0.39, 0.29) is 23.1 Å². The normalized spacial score (nSPS) is 11.8. The maximum absolute atomic E-state index is 12.1. The number of amides is 1. The van der Waals surface area contributed by atoms with Gasteiger partial charge >= 0.3 is 0 Å². The summed E-state index contributed by atoms with van der Waals surface area (Å²) in [6.07, 6.45) is 4.47. The first-order chi connectivity index (χ1) is 9.94. The lowest BCUT2D eigenvalue weighted by Crippen LogP contribution is -2.32. The zero-order valence-corrected chi connectivity index (χ0v) is 12.9. The topological polar surface area (TPSA) is 83.7 Å². The molecule has 21 heavy (non-hydrogen) atoms. The van der Waals surface area contributed by atoms with Crippen molar-refractivity contribution in [3.05, 3.63) is 33.7 Å². The summed E-state index contributed by atoms with van der Waals surface area (Å²) in [6, 6.07) is 0. The summed E-state index contributed by atoms with van der Waals surface area (Å²) in [4.78, 5) is 28.8. The maximum Gasteiger partial charge on any atom is 0.271 e. The Balaban J connectivity index is 1.96. The van der Waals surface area contributed by atoms with E-state index in [4.69, 9.17) is 5.11 Å². The van der Waals surface area contributed by atoms with Gasteiger partial charge in [0.25, 0.3) is 11.5 Å². The number of hydrogen-bond donors (Lipinski definition) is 2. The quantitative estimate of drug-likeness (QED) is 0.788. The minimum absolute atomic E-state index is 0.0484. The highest BCUT2D eigenvalue weighted by Gasteiger charge is 2.17. The molecule has 0 aromatic carbocycles. The molecule has 0 radical (unpaired) electrons. The summed E-state index contributed by atoms with van der Waals surface area (Å²) >= 11 is 1.35. The number of aliphatic hydroxyl groups is 1. The van der Waals surface area contributed by atoms with E-state index in [9.17, 15) is 9.59 Å². The smallest absolute Gasteiger partial charge is 0.271 e. The molecular formula is C14H19N3O3S. The van der Waals surface area contributed by atoms with E-state index in [1.807, 2.05) is 13.8 Å². The van der Waals surface area contributed by atoms with E-state index in [2.05, 4.69) is 10.3 Å². The Morgan fingerprint density at radius 1 is 1.52 bits per heavy atom. The fraction of sp³-hybridized carbons (Fsp3) is 0.500. The first-order valence-electron chi connectivity index (χ1n) is 6.78. The van der Waals surface area contributed by atoms with Crippen LogP contribution in [-0.2, 0) is 0 Å². The van der Waals surface area contributed by atoms with Crippen LogP contribution in [0.4, 0.5) is 0 Å². The number of nitrogens with zero attached hydrogens (tertiary/aromatic N) is 2. The number of hydrogen-bond acceptors (Lipinski definition) is 5. The van der Waals surface area contributed by atoms with Crippen LogP contribution >= 0.6 is 11.3 Å². The number of thiazole rings is 1. The van der Waals surface area contributed by atoms with Gasteiger partial charge in [-0.05, 0) is 18.3 Å². The molecule has 114 valence electrons. The molecule has 0 bridgehead atoms. The standard InChI is InChI=1S/C14H19N3O3S/c1-14(2,9-18)4-3-5-15-11(19)10-8-16-13-17(12(10)20)6-7-21-13/h6-8,18H,3-5,9H2,1-2H3,(H,15,19). The van der Waals surface area contributed by atoms with E-state index in [0.717, 1.165) is 12.8 Å². The first kappa shape index (κ1) is 15.7. The highest BCUT2D eigenvalue weighted by molar-refractivity contribution is 7.15. The molecule has 7 heteroatoms. The molecule has 0 spiro atoms. The molecule has 2 N–H and O–H groups in total. The van der Waals surface area contributed by atoms with Gasteiger partial charge in [-0.15, -0.1) is 11.3 Å². The highest BCUT2D eigenvalue weighted by Crippen LogP contribution is 2.20. The molecule has 0 saturated carbocycles. The molecule has 0 atom stereocenters. The van der Waals surface area contributed by atoms with Crippen molar-refractivity contribution in [2.24, 2.45) is 5.41 Å². The summed E-state index contributed by atoms with van der Waals surface area (Å²) < 4.78 is 1.37. The largest absolute Gasteiger partial charge is 0.396 e. The zero-order chi connectivity index (χ0) is 15.5. The molecule has 1 amide bonds. The summed E-state index contributed by atoms with van der Waals surface area (Å²) in [5.41, 5.74) is -0.455. The Hall–Kier alpha value is -1.73. The molecule has 0 saturated heterocycles. The predicted molar refractivity (Wildman–Crippen MR) is 81.8 cm³/mol. The van der Waals surface area contributed by atoms with E-state index in [1.54, 1.807) is 11.6 Å². The molecule has 0 unspecified atom stereocenters. The average molecular weight is 309 g/mol. The maximum atomic E-state index is 12.1. The Morgan fingerprint density at radius 3 is 3.00 bits per heavy atom. The monoisotopic (exact) mass is 309 g/mol. The SMILES string of the molecule is CC(C)(CO)CCCNC(=O)c1cnc2sccn2c1=O. The van der Waals surface area contributed by atoms with Gasteiger partial charge in [-0.25, -0.2) is 4.98 Å². The van der Waals surface area contributed by atoms with Crippen LogP contribution < -0.4 is 10.9 Å². The average Bonchev–Trinajstić information content (AvgIpc) is 2.93. The van der Waals surface area contributed by atoms with Crippen molar-refractivity contribution in [1.82, 2.24) is 14.7 Å². The van der Waals surface area contributed by atoms with Crippen molar-refractivity contribution in [3.8, 4) is 0 Å². The molecule has 2 aromatic heterocycles. The molecule has 0 aliphatic carbocycles. The molecule has 0 aliphatic heterocycles. The Morgan fingerprint density at radius 2 is 2.29 bits per heavy atom. The molecule has 2 heterocycles. The summed E-state index contributed by atoms with van der Waals surface area (Å²) in [7, 11) is 0. The minimum atomic E-state index is -0.407. The van der Waals surface area contributed by atoms with Crippen molar-refractivity contribution >= 4 is 22.2 Å². The van der Waals surface area contributed by atoms with Crippen molar-refractivity contribution in [2.45, 2.75) is 26.7 Å². The first-order valence-corrected chi connectivity index (χ1v) is 7.66. The molecule has 0 aliphatic rings. The van der Waals surface area contributed by atoms with Crippen molar-refractivity contribution < 1.29 is 9.90 Å². The van der Waals surface area contributed by atoms with E-state index >= 15 is 0 Å². The number of carbonyl (C=O) groups is 1. The van der Waals surface area contributed by atoms with Crippen LogP contribution in [0.1, 0.15) is 37.0 Å². The van der Waals surface area contributed by atoms with Gasteiger partial charge in [0.1, 0.15) is 5.56 Å². The molecule has 6 nitrogen and oxygen atoms in total. The number of aliphatic hydroxyl groups excluding tert-OH is 1. The van der Waals surface area contributed by atoms with Gasteiger partial charge in [0.05, 0.1) is 0 Å². The zero-order valence-electron chi connectivity index (χ0n) is 12.1. The van der Waals surface area contributed by atoms with Crippen LogP contribution in [0, 0.1) is 5.41 Å². The second-order valence-electron chi connectivity index (χ2n) is 5.71. The number of aromatic nitrogens is 2. The Kier molecular flexibility index (Phi) is 4.74. The van der Waals surface area contributed by atoms with Crippen LogP contribution in [0.3, 0.4) is 0 Å². The number of carbonyl (C=O) groups excluding carboxylic acids is 1. The third-order valence-corrected chi connectivity index (χ3v) is 4.10. The van der Waals surface area contributed by atoms with Crippen LogP contribution in [0.25, 0.3) is 4.96 Å². The fourth-order valence-electron chi connectivity index (χ4n) is 1.92. The summed E-state index contributed by atoms with van der Waals surface area (Å²) in [6.45, 7) is 4.51. The summed E-state index contributed by atoms with van der Waals surface area (Å²) in [5, 5.41) is 13.6. The summed E-state index contributed by atoms with van der Waals surface area (Å²) in [5.74, 6) is -0.407. The van der Waals surface area contributed by atoms with Crippen LogP contribution in [0.5, 0.6) is 0 Å². The van der Waals surface area contributed by atoms with Crippen molar-refractivity contribution in [1.29, 1.82) is 0 Å². The predicted octanol–water partition coefficient (Wildman–Crippen LogP) is 1.28. The molecule has 0 fully saturated rings. The molecular weight excluding hydrogens is 290 g/mol. The number of nitrogens with one attached hydrogen (secondary N) is 1. The minimum Gasteiger partial charge on any atom is -0.396 e. The van der Waals surface area contributed by atoms with E-state index in [1.165, 1.54) is 21.9 Å². The third kappa shape index (κ3) is 3.68. The van der Waals surface area contributed by atoms with Gasteiger partial charge in [0.15, 0.2) is 4.96 Å². The lowest BCUT2D eigenvalue weighted by molar-refractivity contribution is 0.0946. The van der Waals surface area contributed by atoms with Gasteiger partial charge in [-0.3, -0.25) is 14.0 Å². The van der Waals surface area contributed by atoms with E-state index in [0.29, 0.717) is 11.5 Å². The number of fused-ring (bicyclic) bond motifs is 1.